The Kier molecular flexibility index (Phi) is 5.29. The summed E-state index contributed by atoms with van der Waals surface area (Å²) in [5.41, 5.74) is 5.12. The lowest BCUT2D eigenvalue weighted by molar-refractivity contribution is -0.120. The van der Waals surface area contributed by atoms with Gasteiger partial charge >= 0.3 is 0 Å². The number of aromatic nitrogens is 3. The molecule has 0 saturated carbocycles. The minimum absolute atomic E-state index is 0.0795. The minimum atomic E-state index is -0.447. The molecule has 0 fully saturated rings. The average molecular weight is 397 g/mol. The topological polar surface area (TPSA) is 71.8 Å². The van der Waals surface area contributed by atoms with Crippen LogP contribution in [0.2, 0.25) is 0 Å². The van der Waals surface area contributed by atoms with Gasteiger partial charge in [0.1, 0.15) is 11.1 Å². The number of nitrogens with zero attached hydrogens (tertiary/aromatic N) is 3. The van der Waals surface area contributed by atoms with Gasteiger partial charge in [0.2, 0.25) is 11.1 Å². The van der Waals surface area contributed by atoms with Gasteiger partial charge in [0.05, 0.1) is 6.04 Å². The lowest BCUT2D eigenvalue weighted by Crippen LogP contribution is -2.44. The summed E-state index contributed by atoms with van der Waals surface area (Å²) >= 11 is 1.36. The highest BCUT2D eigenvalue weighted by Gasteiger charge is 2.37. The molecule has 1 aliphatic heterocycles. The second kappa shape index (κ2) is 8.02. The van der Waals surface area contributed by atoms with Gasteiger partial charge in [0, 0.05) is 12.1 Å². The van der Waals surface area contributed by atoms with Crippen molar-refractivity contribution in [2.24, 2.45) is 0 Å². The molecule has 0 radical (unpaired) electrons. The van der Waals surface area contributed by atoms with E-state index in [1.54, 1.807) is 16.8 Å². The van der Waals surface area contributed by atoms with Crippen molar-refractivity contribution in [3.63, 3.8) is 0 Å². The largest absolute Gasteiger partial charge is 0.355 e. The predicted octanol–water partition coefficient (Wildman–Crippen LogP) is 3.37. The van der Waals surface area contributed by atoms with Gasteiger partial charge in [-0.25, -0.2) is 9.07 Å². The predicted molar refractivity (Wildman–Crippen MR) is 107 cm³/mol. The number of hydrogen-bond acceptors (Lipinski definition) is 5. The van der Waals surface area contributed by atoms with Crippen LogP contribution in [0, 0.1) is 5.82 Å². The first-order valence-corrected chi connectivity index (χ1v) is 10.0. The first kappa shape index (κ1) is 18.5. The van der Waals surface area contributed by atoms with Gasteiger partial charge in [-0.3, -0.25) is 4.79 Å². The number of rotatable bonds is 5. The Morgan fingerprint density at radius 3 is 2.64 bits per heavy atom. The molecule has 2 atom stereocenters. The molecule has 0 spiro atoms. The van der Waals surface area contributed by atoms with Crippen LogP contribution in [0.15, 0.2) is 59.8 Å². The van der Waals surface area contributed by atoms with Gasteiger partial charge in [-0.15, -0.1) is 10.2 Å². The van der Waals surface area contributed by atoms with Crippen LogP contribution in [-0.2, 0) is 4.79 Å². The molecule has 2 unspecified atom stereocenters. The zero-order chi connectivity index (χ0) is 19.5. The normalized spacial score (nSPS) is 18.2. The zero-order valence-electron chi connectivity index (χ0n) is 15.3. The Morgan fingerprint density at radius 1 is 1.18 bits per heavy atom. The summed E-state index contributed by atoms with van der Waals surface area (Å²) in [6, 6.07) is 15.6. The molecular weight excluding hydrogens is 377 g/mol. The summed E-state index contributed by atoms with van der Waals surface area (Å²) in [5.74, 6) is 0.279. The summed E-state index contributed by atoms with van der Waals surface area (Å²) in [5, 5.41) is 11.7. The standard InChI is InChI=1S/C20H20FN5OS/c1-2-12-22-19(27)17-16(13-8-10-15(21)11-9-13)25-26-18(23-24-20(26)28-17)14-6-4-3-5-7-14/h3-11,16-17,25H,2,12H2,1H3,(H,22,27). The van der Waals surface area contributed by atoms with E-state index in [4.69, 9.17) is 0 Å². The second-order valence-corrected chi connectivity index (χ2v) is 7.60. The number of carbonyl (C=O) groups is 1. The molecule has 3 aromatic rings. The fraction of sp³-hybridized carbons (Fsp3) is 0.250. The van der Waals surface area contributed by atoms with Crippen molar-refractivity contribution in [2.45, 2.75) is 29.8 Å². The summed E-state index contributed by atoms with van der Waals surface area (Å²) in [7, 11) is 0. The van der Waals surface area contributed by atoms with E-state index in [2.05, 4.69) is 20.9 Å². The molecular formula is C20H20FN5OS. The molecule has 1 aromatic heterocycles. The molecule has 2 heterocycles. The van der Waals surface area contributed by atoms with Crippen molar-refractivity contribution < 1.29 is 9.18 Å². The maximum Gasteiger partial charge on any atom is 0.236 e. The van der Waals surface area contributed by atoms with E-state index in [-0.39, 0.29) is 17.8 Å². The van der Waals surface area contributed by atoms with E-state index in [0.29, 0.717) is 17.5 Å². The quantitative estimate of drug-likeness (QED) is 0.691. The molecule has 1 amide bonds. The molecule has 0 saturated heterocycles. The maximum atomic E-state index is 13.4. The molecule has 1 aliphatic rings. The number of carbonyl (C=O) groups excluding carboxylic acids is 1. The van der Waals surface area contributed by atoms with E-state index >= 15 is 0 Å². The van der Waals surface area contributed by atoms with Gasteiger partial charge in [0.25, 0.3) is 0 Å². The summed E-state index contributed by atoms with van der Waals surface area (Å²) < 4.78 is 15.2. The Balaban J connectivity index is 1.72. The number of amides is 1. The van der Waals surface area contributed by atoms with Crippen molar-refractivity contribution in [1.82, 2.24) is 20.2 Å². The number of fused-ring (bicyclic) bond motifs is 1. The maximum absolute atomic E-state index is 13.4. The molecule has 6 nitrogen and oxygen atoms in total. The zero-order valence-corrected chi connectivity index (χ0v) is 16.1. The Morgan fingerprint density at radius 2 is 1.93 bits per heavy atom. The highest BCUT2D eigenvalue weighted by molar-refractivity contribution is 8.00. The highest BCUT2D eigenvalue weighted by Crippen LogP contribution is 2.38. The third-order valence-corrected chi connectivity index (χ3v) is 5.72. The van der Waals surface area contributed by atoms with E-state index in [0.717, 1.165) is 17.5 Å². The van der Waals surface area contributed by atoms with Crippen LogP contribution < -0.4 is 10.7 Å². The Labute approximate surface area is 166 Å². The number of nitrogens with one attached hydrogen (secondary N) is 2. The smallest absolute Gasteiger partial charge is 0.236 e. The van der Waals surface area contributed by atoms with Crippen LogP contribution in [0.3, 0.4) is 0 Å². The molecule has 28 heavy (non-hydrogen) atoms. The summed E-state index contributed by atoms with van der Waals surface area (Å²) in [4.78, 5) is 12.8. The lowest BCUT2D eigenvalue weighted by Gasteiger charge is -2.33. The van der Waals surface area contributed by atoms with Crippen LogP contribution in [0.5, 0.6) is 0 Å². The first-order valence-electron chi connectivity index (χ1n) is 9.14. The van der Waals surface area contributed by atoms with Crippen LogP contribution >= 0.6 is 11.8 Å². The van der Waals surface area contributed by atoms with Gasteiger partial charge < -0.3 is 10.7 Å². The van der Waals surface area contributed by atoms with Gasteiger partial charge in [-0.1, -0.05) is 61.2 Å². The number of halogens is 1. The van der Waals surface area contributed by atoms with Crippen molar-refractivity contribution in [2.75, 3.05) is 12.0 Å². The van der Waals surface area contributed by atoms with Gasteiger partial charge in [-0.05, 0) is 24.1 Å². The van der Waals surface area contributed by atoms with Gasteiger partial charge in [0.15, 0.2) is 5.82 Å². The first-order chi connectivity index (χ1) is 13.7. The van der Waals surface area contributed by atoms with Crippen LogP contribution in [-0.4, -0.2) is 32.6 Å². The molecule has 0 aliphatic carbocycles. The van der Waals surface area contributed by atoms with E-state index in [1.165, 1.54) is 23.9 Å². The third kappa shape index (κ3) is 3.60. The number of benzene rings is 2. The third-order valence-electron chi connectivity index (χ3n) is 4.51. The minimum Gasteiger partial charge on any atom is -0.355 e. The van der Waals surface area contributed by atoms with Crippen molar-refractivity contribution in [1.29, 1.82) is 0 Å². The second-order valence-electron chi connectivity index (χ2n) is 6.50. The molecule has 2 aromatic carbocycles. The monoisotopic (exact) mass is 397 g/mol. The molecule has 0 bridgehead atoms. The number of hydrogen-bond donors (Lipinski definition) is 2. The van der Waals surface area contributed by atoms with Gasteiger partial charge in [-0.2, -0.15) is 0 Å². The fourth-order valence-electron chi connectivity index (χ4n) is 3.10. The summed E-state index contributed by atoms with van der Waals surface area (Å²) in [6.07, 6.45) is 0.853. The molecule has 4 rings (SSSR count). The molecule has 8 heteroatoms. The van der Waals surface area contributed by atoms with Crippen LogP contribution in [0.4, 0.5) is 4.39 Å². The van der Waals surface area contributed by atoms with Crippen molar-refractivity contribution in [3.05, 3.63) is 66.0 Å². The fourth-order valence-corrected chi connectivity index (χ4v) is 4.20. The number of thioether (sulfide) groups is 1. The van der Waals surface area contributed by atoms with Crippen LogP contribution in [0.1, 0.15) is 24.9 Å². The van der Waals surface area contributed by atoms with E-state index < -0.39 is 5.25 Å². The summed E-state index contributed by atoms with van der Waals surface area (Å²) in [6.45, 7) is 2.61. The molecule has 2 N–H and O–H groups in total. The van der Waals surface area contributed by atoms with Crippen molar-refractivity contribution in [3.8, 4) is 11.4 Å². The Hall–Kier alpha value is -2.87. The van der Waals surface area contributed by atoms with E-state index in [9.17, 15) is 9.18 Å². The van der Waals surface area contributed by atoms with Crippen molar-refractivity contribution >= 4 is 17.7 Å². The van der Waals surface area contributed by atoms with Crippen LogP contribution in [0.25, 0.3) is 11.4 Å². The average Bonchev–Trinajstić information content (AvgIpc) is 3.15. The highest BCUT2D eigenvalue weighted by atomic mass is 32.2. The lowest BCUT2D eigenvalue weighted by atomic mass is 10.0. The molecule has 144 valence electrons. The Bertz CT molecular complexity index is 960. The SMILES string of the molecule is CCCNC(=O)C1Sc2nnc(-c3ccccc3)n2NC1c1ccc(F)cc1. The van der Waals surface area contributed by atoms with E-state index in [1.807, 2.05) is 37.3 Å².